The minimum absolute atomic E-state index is 0.0357. The van der Waals surface area contributed by atoms with E-state index in [4.69, 9.17) is 19.7 Å². The Morgan fingerprint density at radius 2 is 0.500 bits per heavy atom. The third-order valence-corrected chi connectivity index (χ3v) is 12.4. The molecule has 0 aliphatic heterocycles. The predicted octanol–water partition coefficient (Wildman–Crippen LogP) is 11.8. The Kier molecular flexibility index (Phi) is 40.7. The zero-order valence-electron chi connectivity index (χ0n) is 41.0. The fourth-order valence-corrected chi connectivity index (χ4v) is 8.18. The molecule has 0 saturated carbocycles. The first-order chi connectivity index (χ1) is 32.7. The molecular formula is C49H85N3O16. The number of unbranched alkanes of at least 4 members (excludes halogenated alkanes) is 31. The van der Waals surface area contributed by atoms with Crippen molar-refractivity contribution >= 4 is 35.8 Å². The number of nitro groups is 3. The number of hydrogen-bond acceptors (Lipinski definition) is 14. The second-order valence-electron chi connectivity index (χ2n) is 18.4. The second kappa shape index (κ2) is 43.7. The fraction of sp³-hybridized carbons (Fsp3) is 0.878. The molecule has 3 atom stereocenters. The summed E-state index contributed by atoms with van der Waals surface area (Å²) in [6.07, 6.45) is 31.7. The Morgan fingerprint density at radius 3 is 0.721 bits per heavy atom. The summed E-state index contributed by atoms with van der Waals surface area (Å²) < 4.78 is 9.78. The summed E-state index contributed by atoms with van der Waals surface area (Å²) in [7, 11) is 0. The Labute approximate surface area is 403 Å². The van der Waals surface area contributed by atoms with Crippen LogP contribution in [0.2, 0.25) is 0 Å². The first-order valence-electron chi connectivity index (χ1n) is 26.0. The lowest BCUT2D eigenvalue weighted by molar-refractivity contribution is -0.511. The Hall–Kier alpha value is -4.58. The maximum Gasteiger partial charge on any atom is 0.389 e. The Bertz CT molecular complexity index is 1420. The highest BCUT2D eigenvalue weighted by molar-refractivity contribution is 5.87. The van der Waals surface area contributed by atoms with Gasteiger partial charge in [-0.2, -0.15) is 0 Å². The van der Waals surface area contributed by atoms with Crippen LogP contribution in [0, 0.1) is 30.3 Å². The first-order valence-corrected chi connectivity index (χ1v) is 26.0. The molecule has 2 N–H and O–H groups in total. The lowest BCUT2D eigenvalue weighted by Gasteiger charge is -2.09. The van der Waals surface area contributed by atoms with Gasteiger partial charge in [0.05, 0.1) is 0 Å². The summed E-state index contributed by atoms with van der Waals surface area (Å²) in [5.41, 5.74) is 0. The van der Waals surface area contributed by atoms with Crippen LogP contribution in [0.15, 0.2) is 0 Å². The molecule has 0 fully saturated rings. The molecule has 19 heteroatoms. The van der Waals surface area contributed by atoms with Gasteiger partial charge in [-0.3, -0.25) is 44.7 Å². The van der Waals surface area contributed by atoms with Gasteiger partial charge in [-0.05, 0) is 38.5 Å². The third kappa shape index (κ3) is 38.4. The Balaban J connectivity index is 3.67. The molecule has 0 aliphatic carbocycles. The highest BCUT2D eigenvalue weighted by atomic mass is 16.6. The van der Waals surface area contributed by atoms with Gasteiger partial charge in [0.15, 0.2) is 0 Å². The first kappa shape index (κ1) is 63.4. The van der Waals surface area contributed by atoms with Crippen LogP contribution in [-0.4, -0.2) is 78.9 Å². The number of nitrogens with zero attached hydrogens (tertiary/aromatic N) is 3. The van der Waals surface area contributed by atoms with Gasteiger partial charge in [-0.1, -0.05) is 180 Å². The molecule has 0 aromatic rings. The molecule has 0 heterocycles. The standard InChI is InChI=1S/C49H85N3O16/c53-44(67-45(54)39-33-27-21-15-9-3-6-11-17-23-29-35-41(47(56)57)50(61)62)38-32-26-20-14-8-2-1-5-13-19-25-31-37-43(52(65)66)49(60)68-46(55)40-34-28-22-16-10-4-7-12-18-24-30-36-42(48(58)59)51(63)64/h41-43H,1-40H2,(H,56,57)(H,58,59). The summed E-state index contributed by atoms with van der Waals surface area (Å²) in [6, 6.07) is -4.58. The fourth-order valence-electron chi connectivity index (χ4n) is 8.18. The summed E-state index contributed by atoms with van der Waals surface area (Å²) >= 11 is 0. The quantitative estimate of drug-likeness (QED) is 0.0188. The molecule has 3 unspecified atom stereocenters. The summed E-state index contributed by atoms with van der Waals surface area (Å²) in [6.45, 7) is 0. The van der Waals surface area contributed by atoms with Gasteiger partial charge in [-0.15, -0.1) is 0 Å². The normalized spacial score (nSPS) is 12.5. The zero-order chi connectivity index (χ0) is 50.6. The van der Waals surface area contributed by atoms with Crippen molar-refractivity contribution in [3.8, 4) is 0 Å². The SMILES string of the molecule is O=C(CCCCCCCCCCCCCCC(C(=O)OC(=O)CCCCCCCCCCCCCC(C(=O)O)[N+](=O)[O-])[N+](=O)[O-])OC(=O)CCCCCCCCCCCCCC(C(=O)O)[N+](=O)[O-]. The van der Waals surface area contributed by atoms with Crippen LogP contribution in [0.25, 0.3) is 0 Å². The van der Waals surface area contributed by atoms with Gasteiger partial charge in [0.25, 0.3) is 0 Å². The van der Waals surface area contributed by atoms with Crippen molar-refractivity contribution in [3.05, 3.63) is 30.3 Å². The number of carbonyl (C=O) groups is 6. The van der Waals surface area contributed by atoms with Crippen molar-refractivity contribution in [2.45, 2.75) is 275 Å². The number of aliphatic carboxylic acids is 2. The van der Waals surface area contributed by atoms with Crippen LogP contribution in [-0.2, 0) is 38.2 Å². The molecule has 0 aromatic heterocycles. The molecule has 0 bridgehead atoms. The molecule has 0 aliphatic rings. The maximum absolute atomic E-state index is 12.4. The largest absolute Gasteiger partial charge is 0.476 e. The van der Waals surface area contributed by atoms with Gasteiger partial charge in [0.2, 0.25) is 0 Å². The average Bonchev–Trinajstić information content (AvgIpc) is 3.27. The molecule has 0 amide bonds. The summed E-state index contributed by atoms with van der Waals surface area (Å²) in [5, 5.41) is 50.6. The van der Waals surface area contributed by atoms with E-state index in [0.29, 0.717) is 38.5 Å². The van der Waals surface area contributed by atoms with Crippen molar-refractivity contribution in [2.75, 3.05) is 0 Å². The van der Waals surface area contributed by atoms with Gasteiger partial charge in [0, 0.05) is 53.3 Å². The van der Waals surface area contributed by atoms with Gasteiger partial charge in [-0.25, -0.2) is 14.4 Å². The molecule has 0 aromatic carbocycles. The average molecular weight is 972 g/mol. The molecule has 0 radical (unpaired) electrons. The van der Waals surface area contributed by atoms with Crippen LogP contribution < -0.4 is 0 Å². The molecule has 0 saturated heterocycles. The van der Waals surface area contributed by atoms with Gasteiger partial charge in [0.1, 0.15) is 0 Å². The maximum atomic E-state index is 12.4. The summed E-state index contributed by atoms with van der Waals surface area (Å²) in [5.74, 6) is -5.52. The van der Waals surface area contributed by atoms with Crippen LogP contribution >= 0.6 is 0 Å². The monoisotopic (exact) mass is 972 g/mol. The van der Waals surface area contributed by atoms with E-state index in [1.165, 1.54) is 0 Å². The molecular weight excluding hydrogens is 887 g/mol. The van der Waals surface area contributed by atoms with Crippen LogP contribution in [0.1, 0.15) is 257 Å². The third-order valence-electron chi connectivity index (χ3n) is 12.4. The molecule has 0 spiro atoms. The van der Waals surface area contributed by atoms with Crippen molar-refractivity contribution in [1.82, 2.24) is 0 Å². The number of carboxylic acid groups (broad SMARTS) is 2. The number of hydrogen-bond donors (Lipinski definition) is 2. The van der Waals surface area contributed by atoms with E-state index >= 15 is 0 Å². The molecule has 0 rings (SSSR count). The number of carbonyl (C=O) groups excluding carboxylic acids is 4. The van der Waals surface area contributed by atoms with Crippen molar-refractivity contribution in [2.24, 2.45) is 0 Å². The van der Waals surface area contributed by atoms with Crippen molar-refractivity contribution < 1.29 is 63.2 Å². The number of ether oxygens (including phenoxy) is 2. The highest BCUT2D eigenvalue weighted by Crippen LogP contribution is 2.18. The number of carboxylic acids is 2. The van der Waals surface area contributed by atoms with E-state index in [2.05, 4.69) is 0 Å². The number of rotatable bonds is 49. The van der Waals surface area contributed by atoms with Crippen LogP contribution in [0.5, 0.6) is 0 Å². The zero-order valence-corrected chi connectivity index (χ0v) is 41.0. The lowest BCUT2D eigenvalue weighted by Crippen LogP contribution is -2.33. The van der Waals surface area contributed by atoms with E-state index in [9.17, 15) is 59.1 Å². The van der Waals surface area contributed by atoms with E-state index in [0.717, 1.165) is 180 Å². The smallest absolute Gasteiger partial charge is 0.389 e. The summed E-state index contributed by atoms with van der Waals surface area (Å²) in [4.78, 5) is 101. The van der Waals surface area contributed by atoms with Crippen molar-refractivity contribution in [1.29, 1.82) is 0 Å². The topological polar surface area (TPSA) is 291 Å². The lowest BCUT2D eigenvalue weighted by atomic mass is 10.0. The minimum Gasteiger partial charge on any atom is -0.476 e. The van der Waals surface area contributed by atoms with Crippen LogP contribution in [0.4, 0.5) is 0 Å². The van der Waals surface area contributed by atoms with Gasteiger partial charge >= 0.3 is 53.9 Å². The van der Waals surface area contributed by atoms with E-state index in [-0.39, 0.29) is 38.5 Å². The Morgan fingerprint density at radius 1 is 0.309 bits per heavy atom. The predicted molar refractivity (Wildman–Crippen MR) is 254 cm³/mol. The van der Waals surface area contributed by atoms with E-state index in [1.807, 2.05) is 0 Å². The van der Waals surface area contributed by atoms with Crippen LogP contribution in [0.3, 0.4) is 0 Å². The second-order valence-corrected chi connectivity index (χ2v) is 18.4. The van der Waals surface area contributed by atoms with Crippen molar-refractivity contribution in [3.63, 3.8) is 0 Å². The van der Waals surface area contributed by atoms with E-state index in [1.54, 1.807) is 0 Å². The van der Waals surface area contributed by atoms with E-state index < -0.39 is 68.7 Å². The molecule has 19 nitrogen and oxygen atoms in total. The minimum atomic E-state index is -1.54. The number of esters is 4. The molecule has 68 heavy (non-hydrogen) atoms. The van der Waals surface area contributed by atoms with Gasteiger partial charge < -0.3 is 19.7 Å². The highest BCUT2D eigenvalue weighted by Gasteiger charge is 2.33. The molecule has 392 valence electrons.